The van der Waals surface area contributed by atoms with E-state index >= 15 is 0 Å². The lowest BCUT2D eigenvalue weighted by molar-refractivity contribution is 0.144. The van der Waals surface area contributed by atoms with Gasteiger partial charge < -0.3 is 9.80 Å². The maximum absolute atomic E-state index is 12.0. The summed E-state index contributed by atoms with van der Waals surface area (Å²) in [7, 11) is 3.60. The number of carbonyl (C=O) groups is 1. The number of benzene rings is 1. The fraction of sp³-hybridized carbons (Fsp3) is 0.462. The van der Waals surface area contributed by atoms with E-state index < -0.39 is 0 Å². The first-order chi connectivity index (χ1) is 7.59. The van der Waals surface area contributed by atoms with Crippen LogP contribution in [0.4, 0.5) is 4.79 Å². The Hall–Kier alpha value is -1.51. The van der Waals surface area contributed by atoms with E-state index in [4.69, 9.17) is 0 Å². The molecule has 1 unspecified atom stereocenters. The first-order valence-corrected chi connectivity index (χ1v) is 5.64. The highest BCUT2D eigenvalue weighted by Gasteiger charge is 2.27. The number of hydrogen-bond acceptors (Lipinski definition) is 1. The predicted octanol–water partition coefficient (Wildman–Crippen LogP) is 2.11. The molecular weight excluding hydrogens is 200 g/mol. The van der Waals surface area contributed by atoms with Crippen molar-refractivity contribution in [3.63, 3.8) is 0 Å². The van der Waals surface area contributed by atoms with E-state index in [0.29, 0.717) is 0 Å². The van der Waals surface area contributed by atoms with E-state index in [1.165, 1.54) is 11.1 Å². The Labute approximate surface area is 96.7 Å². The van der Waals surface area contributed by atoms with Crippen LogP contribution < -0.4 is 0 Å². The molecule has 2 rings (SSSR count). The summed E-state index contributed by atoms with van der Waals surface area (Å²) in [6.45, 7) is 2.84. The summed E-state index contributed by atoms with van der Waals surface area (Å²) in [5.41, 5.74) is 2.65. The van der Waals surface area contributed by atoms with Crippen molar-refractivity contribution in [1.29, 1.82) is 0 Å². The summed E-state index contributed by atoms with van der Waals surface area (Å²) in [6, 6.07) is 8.74. The second-order valence-electron chi connectivity index (χ2n) is 4.63. The van der Waals surface area contributed by atoms with Crippen molar-refractivity contribution in [2.24, 2.45) is 0 Å². The summed E-state index contributed by atoms with van der Waals surface area (Å²) < 4.78 is 0. The topological polar surface area (TPSA) is 23.6 Å². The van der Waals surface area contributed by atoms with E-state index in [1.807, 2.05) is 11.0 Å². The quantitative estimate of drug-likeness (QED) is 0.654. The number of amides is 2. The van der Waals surface area contributed by atoms with Gasteiger partial charge in [-0.1, -0.05) is 24.3 Å². The maximum atomic E-state index is 12.0. The molecule has 86 valence electrons. The summed E-state index contributed by atoms with van der Waals surface area (Å²) in [5.74, 6) is 0. The Kier molecular flexibility index (Phi) is 2.86. The van der Waals surface area contributed by atoms with Gasteiger partial charge in [-0.3, -0.25) is 0 Å². The molecule has 0 aromatic heterocycles. The van der Waals surface area contributed by atoms with Crippen molar-refractivity contribution < 1.29 is 4.79 Å². The van der Waals surface area contributed by atoms with Crippen molar-refractivity contribution in [2.45, 2.75) is 25.9 Å². The molecule has 1 aromatic carbocycles. The van der Waals surface area contributed by atoms with Crippen molar-refractivity contribution in [3.8, 4) is 0 Å². The van der Waals surface area contributed by atoms with Gasteiger partial charge in [0, 0.05) is 26.7 Å². The van der Waals surface area contributed by atoms with E-state index in [1.54, 1.807) is 19.0 Å². The summed E-state index contributed by atoms with van der Waals surface area (Å²) >= 11 is 0. The summed E-state index contributed by atoms with van der Waals surface area (Å²) in [4.78, 5) is 15.5. The summed E-state index contributed by atoms with van der Waals surface area (Å²) in [6.07, 6.45) is 0.954. The Morgan fingerprint density at radius 1 is 1.31 bits per heavy atom. The molecule has 0 radical (unpaired) electrons. The van der Waals surface area contributed by atoms with Crippen molar-refractivity contribution in [1.82, 2.24) is 9.80 Å². The molecule has 1 aromatic rings. The van der Waals surface area contributed by atoms with Crippen LogP contribution in [0, 0.1) is 0 Å². The SMILES string of the molecule is CC1Cc2ccccc2CN1C(=O)N(C)C. The molecule has 3 nitrogen and oxygen atoms in total. The highest BCUT2D eigenvalue weighted by atomic mass is 16.2. The molecule has 0 aliphatic carbocycles. The second kappa shape index (κ2) is 4.16. The van der Waals surface area contributed by atoms with Crippen LogP contribution in [-0.2, 0) is 13.0 Å². The third-order valence-corrected chi connectivity index (χ3v) is 3.13. The molecule has 1 aliphatic rings. The second-order valence-corrected chi connectivity index (χ2v) is 4.63. The van der Waals surface area contributed by atoms with Crippen LogP contribution in [0.15, 0.2) is 24.3 Å². The Balaban J connectivity index is 2.24. The zero-order valence-electron chi connectivity index (χ0n) is 10.1. The van der Waals surface area contributed by atoms with E-state index in [0.717, 1.165) is 13.0 Å². The van der Waals surface area contributed by atoms with Crippen molar-refractivity contribution in [3.05, 3.63) is 35.4 Å². The monoisotopic (exact) mass is 218 g/mol. The van der Waals surface area contributed by atoms with Crippen LogP contribution >= 0.6 is 0 Å². The van der Waals surface area contributed by atoms with Gasteiger partial charge in [-0.15, -0.1) is 0 Å². The summed E-state index contributed by atoms with van der Waals surface area (Å²) in [5, 5.41) is 0. The van der Waals surface area contributed by atoms with Crippen molar-refractivity contribution in [2.75, 3.05) is 14.1 Å². The van der Waals surface area contributed by atoms with Crippen LogP contribution in [0.5, 0.6) is 0 Å². The van der Waals surface area contributed by atoms with Gasteiger partial charge in [-0.25, -0.2) is 4.79 Å². The van der Waals surface area contributed by atoms with Gasteiger partial charge in [-0.05, 0) is 24.5 Å². The Morgan fingerprint density at radius 3 is 2.56 bits per heavy atom. The van der Waals surface area contributed by atoms with Crippen LogP contribution in [-0.4, -0.2) is 36.0 Å². The number of urea groups is 1. The Morgan fingerprint density at radius 2 is 1.94 bits per heavy atom. The molecule has 0 saturated carbocycles. The van der Waals surface area contributed by atoms with Gasteiger partial charge in [0.25, 0.3) is 0 Å². The average Bonchev–Trinajstić information content (AvgIpc) is 2.27. The smallest absolute Gasteiger partial charge is 0.320 e. The normalized spacial score (nSPS) is 19.2. The van der Waals surface area contributed by atoms with Gasteiger partial charge in [0.15, 0.2) is 0 Å². The minimum Gasteiger partial charge on any atom is -0.331 e. The molecule has 0 spiro atoms. The molecule has 1 heterocycles. The fourth-order valence-electron chi connectivity index (χ4n) is 2.19. The lowest BCUT2D eigenvalue weighted by Crippen LogP contribution is -2.47. The lowest BCUT2D eigenvalue weighted by Gasteiger charge is -2.36. The molecule has 3 heteroatoms. The van der Waals surface area contributed by atoms with Crippen LogP contribution in [0.3, 0.4) is 0 Å². The van der Waals surface area contributed by atoms with E-state index in [2.05, 4.69) is 25.1 Å². The number of nitrogens with zero attached hydrogens (tertiary/aromatic N) is 2. The predicted molar refractivity (Wildman–Crippen MR) is 64.2 cm³/mol. The van der Waals surface area contributed by atoms with Crippen LogP contribution in [0.25, 0.3) is 0 Å². The largest absolute Gasteiger partial charge is 0.331 e. The molecule has 16 heavy (non-hydrogen) atoms. The number of hydrogen-bond donors (Lipinski definition) is 0. The molecule has 1 aliphatic heterocycles. The first kappa shape index (κ1) is 11.0. The third-order valence-electron chi connectivity index (χ3n) is 3.13. The number of carbonyl (C=O) groups excluding carboxylic acids is 1. The van der Waals surface area contributed by atoms with Gasteiger partial charge in [0.05, 0.1) is 0 Å². The molecule has 0 N–H and O–H groups in total. The molecule has 1 atom stereocenters. The lowest BCUT2D eigenvalue weighted by atomic mass is 9.95. The number of rotatable bonds is 0. The minimum atomic E-state index is 0.0991. The van der Waals surface area contributed by atoms with Crippen LogP contribution in [0.1, 0.15) is 18.1 Å². The minimum absolute atomic E-state index is 0.0991. The van der Waals surface area contributed by atoms with Crippen molar-refractivity contribution >= 4 is 6.03 Å². The van der Waals surface area contributed by atoms with E-state index in [-0.39, 0.29) is 12.1 Å². The first-order valence-electron chi connectivity index (χ1n) is 5.64. The van der Waals surface area contributed by atoms with E-state index in [9.17, 15) is 4.79 Å². The highest BCUT2D eigenvalue weighted by Crippen LogP contribution is 2.23. The van der Waals surface area contributed by atoms with Gasteiger partial charge >= 0.3 is 6.03 Å². The molecular formula is C13H18N2O. The zero-order valence-corrected chi connectivity index (χ0v) is 10.1. The molecule has 0 saturated heterocycles. The molecule has 0 fully saturated rings. The highest BCUT2D eigenvalue weighted by molar-refractivity contribution is 5.74. The van der Waals surface area contributed by atoms with Gasteiger partial charge in [0.2, 0.25) is 0 Å². The van der Waals surface area contributed by atoms with Crippen LogP contribution in [0.2, 0.25) is 0 Å². The number of fused-ring (bicyclic) bond motifs is 1. The maximum Gasteiger partial charge on any atom is 0.320 e. The average molecular weight is 218 g/mol. The Bertz CT molecular complexity index is 401. The molecule has 2 amide bonds. The standard InChI is InChI=1S/C13H18N2O/c1-10-8-11-6-4-5-7-12(11)9-15(10)13(16)14(2)3/h4-7,10H,8-9H2,1-3H3. The molecule has 0 bridgehead atoms. The fourth-order valence-corrected chi connectivity index (χ4v) is 2.19. The third kappa shape index (κ3) is 1.90. The van der Waals surface area contributed by atoms with Gasteiger partial charge in [0.1, 0.15) is 0 Å². The zero-order chi connectivity index (χ0) is 11.7. The van der Waals surface area contributed by atoms with Gasteiger partial charge in [-0.2, -0.15) is 0 Å².